The van der Waals surface area contributed by atoms with E-state index in [1.165, 1.54) is 81.8 Å². The molecule has 5 heteroatoms. The van der Waals surface area contributed by atoms with Crippen LogP contribution in [0.15, 0.2) is 23.3 Å². The first-order valence-electron chi connectivity index (χ1n) is 10.1. The van der Waals surface area contributed by atoms with Crippen molar-refractivity contribution in [3.8, 4) is 0 Å². The summed E-state index contributed by atoms with van der Waals surface area (Å²) < 4.78 is 0. The molecule has 149 valence electrons. The Labute approximate surface area is 191 Å². The first kappa shape index (κ1) is 29.2. The van der Waals surface area contributed by atoms with Crippen molar-refractivity contribution in [2.45, 2.75) is 109 Å². The van der Waals surface area contributed by atoms with Crippen molar-refractivity contribution in [1.29, 1.82) is 0 Å². The molecule has 1 saturated carbocycles. The monoisotopic (exact) mass is 450 g/mol. The molecule has 0 aromatic rings. The van der Waals surface area contributed by atoms with Crippen molar-refractivity contribution in [2.75, 3.05) is 0 Å². The van der Waals surface area contributed by atoms with Crippen molar-refractivity contribution < 1.29 is 46.5 Å². The van der Waals surface area contributed by atoms with E-state index in [0.717, 1.165) is 0 Å². The van der Waals surface area contributed by atoms with Gasteiger partial charge in [-0.05, 0) is 13.8 Å². The van der Waals surface area contributed by atoms with Gasteiger partial charge in [-0.1, -0.05) is 113 Å². The van der Waals surface area contributed by atoms with Crippen LogP contribution >= 0.6 is 0 Å². The van der Waals surface area contributed by atoms with Gasteiger partial charge in [-0.2, -0.15) is 0 Å². The first-order chi connectivity index (χ1) is 11.0. The molecule has 0 aromatic carbocycles. The van der Waals surface area contributed by atoms with Gasteiger partial charge in [0.1, 0.15) is 0 Å². The Morgan fingerprint density at radius 1 is 0.769 bits per heavy atom. The average Bonchev–Trinajstić information content (AvgIpc) is 2.80. The quantitative estimate of drug-likeness (QED) is 0.562. The number of allylic oxidation sites excluding steroid dienone is 2. The minimum absolute atomic E-state index is 0. The van der Waals surface area contributed by atoms with Crippen LogP contribution in [0, 0.1) is 0 Å². The Morgan fingerprint density at radius 3 is 1.46 bits per heavy atom. The summed E-state index contributed by atoms with van der Waals surface area (Å²) in [5.74, 6) is 0. The van der Waals surface area contributed by atoms with Gasteiger partial charge in [-0.25, -0.2) is 0 Å². The third kappa shape index (κ3) is 8.97. The summed E-state index contributed by atoms with van der Waals surface area (Å²) in [5, 5.41) is 5.84. The summed E-state index contributed by atoms with van der Waals surface area (Å²) in [5.41, 5.74) is 2.87. The van der Waals surface area contributed by atoms with Crippen molar-refractivity contribution >= 4 is 8.80 Å². The van der Waals surface area contributed by atoms with Gasteiger partial charge >= 0.3 is 21.7 Å². The van der Waals surface area contributed by atoms with Crippen molar-refractivity contribution in [3.63, 3.8) is 0 Å². The molecular weight excluding hydrogens is 413 g/mol. The van der Waals surface area contributed by atoms with E-state index in [9.17, 15) is 0 Å². The summed E-state index contributed by atoms with van der Waals surface area (Å²) in [6.45, 7) is 9.55. The van der Waals surface area contributed by atoms with Crippen LogP contribution < -0.4 is 24.8 Å². The molecule has 0 amide bonds. The molecule has 0 bridgehead atoms. The molecule has 1 nitrogen and oxygen atoms in total. The molecule has 0 unspecified atom stereocenters. The molecule has 26 heavy (non-hydrogen) atoms. The third-order valence-electron chi connectivity index (χ3n) is 6.16. The summed E-state index contributed by atoms with van der Waals surface area (Å²) in [6.07, 6.45) is 20.4. The molecule has 0 aromatic heterocycles. The molecular formula is C21H38Cl2NSiTi. The van der Waals surface area contributed by atoms with Gasteiger partial charge in [0.2, 0.25) is 0 Å². The molecule has 0 N–H and O–H groups in total. The molecule has 0 aliphatic heterocycles. The topological polar surface area (TPSA) is 14.1 Å². The third-order valence-corrected chi connectivity index (χ3v) is 9.04. The molecule has 2 rings (SSSR count). The second-order valence-corrected chi connectivity index (χ2v) is 11.6. The fourth-order valence-corrected chi connectivity index (χ4v) is 6.31. The summed E-state index contributed by atoms with van der Waals surface area (Å²) in [6, 6.07) is 0.359. The number of hydrogen-bond donors (Lipinski definition) is 0. The maximum atomic E-state index is 5.50. The van der Waals surface area contributed by atoms with Gasteiger partial charge in [-0.15, -0.1) is 5.16 Å². The van der Waals surface area contributed by atoms with Crippen LogP contribution in [0.3, 0.4) is 0 Å². The van der Waals surface area contributed by atoms with E-state index in [4.69, 9.17) is 5.32 Å². The molecule has 0 heterocycles. The standard InChI is InChI=1S/C21H38NSi.2ClH.Ti/c1-18-16-20(17-19(18)2)22-21(23(3)4)14-12-10-8-6-5-7-9-11-13-15-21;;;/h16-17,20,23H,5-15H2,1-4H3;2*1H;/q-1;;;+3/p-2. The smallest absolute Gasteiger partial charge is 1.00 e. The predicted octanol–water partition coefficient (Wildman–Crippen LogP) is 0.710. The second kappa shape index (κ2) is 14.9. The van der Waals surface area contributed by atoms with Crippen LogP contribution in [0.2, 0.25) is 13.1 Å². The van der Waals surface area contributed by atoms with Crippen LogP contribution in [0.1, 0.15) is 84.5 Å². The van der Waals surface area contributed by atoms with Crippen LogP contribution in [0.4, 0.5) is 0 Å². The average molecular weight is 451 g/mol. The molecule has 0 spiro atoms. The minimum Gasteiger partial charge on any atom is -1.00 e. The van der Waals surface area contributed by atoms with E-state index < -0.39 is 8.80 Å². The summed E-state index contributed by atoms with van der Waals surface area (Å²) >= 11 is 0. The molecule has 1 radical (unpaired) electrons. The van der Waals surface area contributed by atoms with Crippen LogP contribution in [-0.2, 0) is 21.7 Å². The Morgan fingerprint density at radius 2 is 1.12 bits per heavy atom. The zero-order valence-electron chi connectivity index (χ0n) is 17.3. The summed E-state index contributed by atoms with van der Waals surface area (Å²) in [7, 11) is -0.820. The van der Waals surface area contributed by atoms with Gasteiger partial charge < -0.3 is 30.1 Å². The fourth-order valence-electron chi connectivity index (χ4n) is 4.27. The number of nitrogens with zero attached hydrogens (tertiary/aromatic N) is 1. The van der Waals surface area contributed by atoms with Crippen LogP contribution in [0.5, 0.6) is 0 Å². The second-order valence-electron chi connectivity index (χ2n) is 8.26. The first-order valence-corrected chi connectivity index (χ1v) is 13.0. The Hall–Kier alpha value is 0.951. The van der Waals surface area contributed by atoms with Crippen LogP contribution in [0.25, 0.3) is 5.32 Å². The maximum Gasteiger partial charge on any atom is 3.00 e. The van der Waals surface area contributed by atoms with Gasteiger partial charge in [0.15, 0.2) is 0 Å². The molecule has 0 saturated heterocycles. The largest absolute Gasteiger partial charge is 3.00 e. The summed E-state index contributed by atoms with van der Waals surface area (Å²) in [4.78, 5) is 0. The molecule has 2 aliphatic carbocycles. The van der Waals surface area contributed by atoms with E-state index in [2.05, 4.69) is 39.1 Å². The van der Waals surface area contributed by atoms with E-state index in [1.807, 2.05) is 0 Å². The van der Waals surface area contributed by atoms with E-state index in [0.29, 0.717) is 11.2 Å². The Kier molecular flexibility index (Phi) is 16.7. The van der Waals surface area contributed by atoms with Crippen molar-refractivity contribution in [3.05, 3.63) is 28.6 Å². The van der Waals surface area contributed by atoms with Gasteiger partial charge in [-0.3, -0.25) is 0 Å². The molecule has 2 aliphatic rings. The normalized spacial score (nSPS) is 21.9. The number of rotatable bonds is 3. The zero-order valence-corrected chi connectivity index (χ0v) is 21.5. The molecule has 0 atom stereocenters. The minimum atomic E-state index is -0.820. The number of hydrogen-bond acceptors (Lipinski definition) is 0. The SMILES string of the molecule is CC1=CC([N-]C2([SiH](C)C)CCCCCCCCCCC2)C=C1C.[Cl-].[Cl-].[Ti+3]. The van der Waals surface area contributed by atoms with Crippen molar-refractivity contribution in [2.24, 2.45) is 0 Å². The van der Waals surface area contributed by atoms with Gasteiger partial charge in [0.25, 0.3) is 0 Å². The van der Waals surface area contributed by atoms with E-state index in [1.54, 1.807) is 0 Å². The van der Waals surface area contributed by atoms with Gasteiger partial charge in [0, 0.05) is 8.80 Å². The predicted molar refractivity (Wildman–Crippen MR) is 107 cm³/mol. The zero-order chi connectivity index (χ0) is 16.7. The van der Waals surface area contributed by atoms with Crippen molar-refractivity contribution in [1.82, 2.24) is 0 Å². The Bertz CT molecular complexity index is 408. The molecule has 1 fully saturated rings. The maximum absolute atomic E-state index is 5.50. The van der Waals surface area contributed by atoms with Gasteiger partial charge in [0.05, 0.1) is 0 Å². The Balaban J connectivity index is 0. The van der Waals surface area contributed by atoms with Crippen LogP contribution in [-0.4, -0.2) is 20.0 Å². The fraction of sp³-hybridized carbons (Fsp3) is 0.810. The van der Waals surface area contributed by atoms with E-state index >= 15 is 0 Å². The van der Waals surface area contributed by atoms with E-state index in [-0.39, 0.29) is 46.5 Å². The number of halogens is 2.